The third-order valence-electron chi connectivity index (χ3n) is 3.59. The molecule has 2 aliphatic heterocycles. The molecule has 0 radical (unpaired) electrons. The van der Waals surface area contributed by atoms with Crippen LogP contribution in [-0.4, -0.2) is 23.3 Å². The van der Waals surface area contributed by atoms with E-state index < -0.39 is 5.60 Å². The Morgan fingerprint density at radius 3 is 2.69 bits per heavy atom. The molecule has 3 nitrogen and oxygen atoms in total. The van der Waals surface area contributed by atoms with E-state index in [-0.39, 0.29) is 17.7 Å². The topological polar surface area (TPSA) is 38.8 Å². The van der Waals surface area contributed by atoms with Crippen molar-refractivity contribution < 1.29 is 14.3 Å². The lowest BCUT2D eigenvalue weighted by atomic mass is 9.93. The maximum atomic E-state index is 11.1. The van der Waals surface area contributed by atoms with Gasteiger partial charge in [-0.1, -0.05) is 0 Å². The number of hydrogen-bond donors (Lipinski definition) is 0. The standard InChI is InChI=1S/C10H12O3/c1-6-5-7(11)12-10(6)4-3-9(2)8(10)13-9/h5,8H,3-4H2,1-2H3. The van der Waals surface area contributed by atoms with E-state index in [1.54, 1.807) is 6.08 Å². The van der Waals surface area contributed by atoms with Crippen LogP contribution in [-0.2, 0) is 14.3 Å². The van der Waals surface area contributed by atoms with E-state index in [2.05, 4.69) is 6.92 Å². The van der Waals surface area contributed by atoms with E-state index in [1.165, 1.54) is 0 Å². The Kier molecular flexibility index (Phi) is 1.06. The summed E-state index contributed by atoms with van der Waals surface area (Å²) in [5.74, 6) is -0.211. The minimum atomic E-state index is -0.397. The van der Waals surface area contributed by atoms with Crippen molar-refractivity contribution in [3.8, 4) is 0 Å². The van der Waals surface area contributed by atoms with E-state index in [0.29, 0.717) is 0 Å². The van der Waals surface area contributed by atoms with Crippen LogP contribution in [0.3, 0.4) is 0 Å². The summed E-state index contributed by atoms with van der Waals surface area (Å²) in [5.41, 5.74) is 0.620. The molecule has 0 aromatic heterocycles. The van der Waals surface area contributed by atoms with Crippen LogP contribution in [0.5, 0.6) is 0 Å². The average molecular weight is 180 g/mol. The van der Waals surface area contributed by atoms with Gasteiger partial charge in [0.2, 0.25) is 0 Å². The zero-order valence-electron chi connectivity index (χ0n) is 7.79. The van der Waals surface area contributed by atoms with Gasteiger partial charge in [0, 0.05) is 6.08 Å². The molecule has 13 heavy (non-hydrogen) atoms. The number of rotatable bonds is 0. The Morgan fingerprint density at radius 2 is 2.31 bits per heavy atom. The van der Waals surface area contributed by atoms with Crippen molar-refractivity contribution in [3.05, 3.63) is 11.6 Å². The highest BCUT2D eigenvalue weighted by atomic mass is 16.7. The molecule has 2 fully saturated rings. The summed E-state index contributed by atoms with van der Waals surface area (Å²) in [6.45, 7) is 4.05. The van der Waals surface area contributed by atoms with Gasteiger partial charge in [0.25, 0.3) is 0 Å². The summed E-state index contributed by atoms with van der Waals surface area (Å²) in [7, 11) is 0. The highest BCUT2D eigenvalue weighted by Gasteiger charge is 2.72. The van der Waals surface area contributed by atoms with Crippen molar-refractivity contribution >= 4 is 5.97 Å². The summed E-state index contributed by atoms with van der Waals surface area (Å²) in [4.78, 5) is 11.1. The Bertz CT molecular complexity index is 333. The van der Waals surface area contributed by atoms with E-state index in [9.17, 15) is 4.79 Å². The third kappa shape index (κ3) is 0.718. The highest BCUT2D eigenvalue weighted by molar-refractivity contribution is 5.87. The lowest BCUT2D eigenvalue weighted by Crippen LogP contribution is -2.35. The molecule has 0 aromatic rings. The molecule has 3 rings (SSSR count). The lowest BCUT2D eigenvalue weighted by Gasteiger charge is -2.24. The van der Waals surface area contributed by atoms with Crippen LogP contribution in [0.2, 0.25) is 0 Å². The van der Waals surface area contributed by atoms with Crippen molar-refractivity contribution in [2.24, 2.45) is 0 Å². The van der Waals surface area contributed by atoms with Gasteiger partial charge >= 0.3 is 5.97 Å². The molecule has 0 N–H and O–H groups in total. The molecule has 3 atom stereocenters. The van der Waals surface area contributed by atoms with Crippen molar-refractivity contribution in [1.82, 2.24) is 0 Å². The first-order valence-electron chi connectivity index (χ1n) is 4.66. The molecular formula is C10H12O3. The Balaban J connectivity index is 2.01. The van der Waals surface area contributed by atoms with Crippen molar-refractivity contribution in [2.75, 3.05) is 0 Å². The van der Waals surface area contributed by atoms with Crippen molar-refractivity contribution in [3.63, 3.8) is 0 Å². The van der Waals surface area contributed by atoms with Crippen molar-refractivity contribution in [1.29, 1.82) is 0 Å². The van der Waals surface area contributed by atoms with Gasteiger partial charge in [-0.3, -0.25) is 0 Å². The molecule has 3 aliphatic rings. The van der Waals surface area contributed by atoms with E-state index in [1.807, 2.05) is 6.92 Å². The molecule has 0 amide bonds. The zero-order valence-corrected chi connectivity index (χ0v) is 7.79. The fourth-order valence-corrected chi connectivity index (χ4v) is 2.68. The molecule has 3 heteroatoms. The van der Waals surface area contributed by atoms with Crippen LogP contribution in [0.15, 0.2) is 11.6 Å². The summed E-state index contributed by atoms with van der Waals surface area (Å²) >= 11 is 0. The molecule has 1 spiro atoms. The smallest absolute Gasteiger partial charge is 0.331 e. The minimum Gasteiger partial charge on any atom is -0.448 e. The first-order valence-corrected chi connectivity index (χ1v) is 4.66. The minimum absolute atomic E-state index is 0.0142. The summed E-state index contributed by atoms with van der Waals surface area (Å²) in [6, 6.07) is 0. The molecule has 0 aromatic carbocycles. The van der Waals surface area contributed by atoms with Gasteiger partial charge in [0.05, 0.1) is 5.60 Å². The molecule has 3 unspecified atom stereocenters. The normalized spacial score (nSPS) is 52.0. The monoisotopic (exact) mass is 180 g/mol. The quantitative estimate of drug-likeness (QED) is 0.415. The largest absolute Gasteiger partial charge is 0.448 e. The van der Waals surface area contributed by atoms with Gasteiger partial charge in [-0.2, -0.15) is 0 Å². The van der Waals surface area contributed by atoms with Crippen LogP contribution in [0.1, 0.15) is 26.7 Å². The first-order chi connectivity index (χ1) is 6.07. The average Bonchev–Trinajstić information content (AvgIpc) is 2.54. The zero-order chi connectivity index (χ0) is 9.27. The lowest BCUT2D eigenvalue weighted by molar-refractivity contribution is -0.148. The first kappa shape index (κ1) is 7.56. The predicted molar refractivity (Wildman–Crippen MR) is 45.1 cm³/mol. The van der Waals surface area contributed by atoms with Gasteiger partial charge in [0.15, 0.2) is 5.60 Å². The van der Waals surface area contributed by atoms with Gasteiger partial charge in [-0.05, 0) is 32.3 Å². The van der Waals surface area contributed by atoms with Gasteiger partial charge in [-0.25, -0.2) is 4.79 Å². The number of epoxide rings is 1. The van der Waals surface area contributed by atoms with E-state index in [4.69, 9.17) is 9.47 Å². The van der Waals surface area contributed by atoms with E-state index in [0.717, 1.165) is 18.4 Å². The van der Waals surface area contributed by atoms with Gasteiger partial charge < -0.3 is 9.47 Å². The molecular weight excluding hydrogens is 168 g/mol. The Hall–Kier alpha value is -0.830. The fraction of sp³-hybridized carbons (Fsp3) is 0.700. The molecule has 1 saturated heterocycles. The molecule has 1 saturated carbocycles. The highest BCUT2D eigenvalue weighted by Crippen LogP contribution is 2.60. The maximum absolute atomic E-state index is 11.1. The number of carbonyl (C=O) groups is 1. The summed E-state index contributed by atoms with van der Waals surface area (Å²) in [6.07, 6.45) is 3.62. The Morgan fingerprint density at radius 1 is 1.54 bits per heavy atom. The summed E-state index contributed by atoms with van der Waals surface area (Å²) < 4.78 is 11.0. The number of esters is 1. The number of fused-ring (bicyclic) bond motifs is 2. The van der Waals surface area contributed by atoms with Crippen LogP contribution < -0.4 is 0 Å². The van der Waals surface area contributed by atoms with Crippen LogP contribution in [0.25, 0.3) is 0 Å². The predicted octanol–water partition coefficient (Wildman–Crippen LogP) is 1.18. The number of hydrogen-bond acceptors (Lipinski definition) is 3. The SMILES string of the molecule is CC1=CC(=O)OC12CCC1(C)OC12. The number of carbonyl (C=O) groups excluding carboxylic acids is 1. The molecule has 2 heterocycles. The second-order valence-corrected chi connectivity index (χ2v) is 4.45. The molecule has 1 aliphatic carbocycles. The third-order valence-corrected chi connectivity index (χ3v) is 3.59. The van der Waals surface area contributed by atoms with E-state index >= 15 is 0 Å². The van der Waals surface area contributed by atoms with Crippen LogP contribution in [0.4, 0.5) is 0 Å². The molecule has 70 valence electrons. The fourth-order valence-electron chi connectivity index (χ4n) is 2.68. The van der Waals surface area contributed by atoms with Crippen LogP contribution >= 0.6 is 0 Å². The molecule has 0 bridgehead atoms. The van der Waals surface area contributed by atoms with Gasteiger partial charge in [0.1, 0.15) is 6.10 Å². The number of ether oxygens (including phenoxy) is 2. The van der Waals surface area contributed by atoms with Crippen LogP contribution in [0, 0.1) is 0 Å². The second-order valence-electron chi connectivity index (χ2n) is 4.45. The Labute approximate surface area is 76.7 Å². The van der Waals surface area contributed by atoms with Gasteiger partial charge in [-0.15, -0.1) is 0 Å². The second kappa shape index (κ2) is 1.82. The maximum Gasteiger partial charge on any atom is 0.331 e. The summed E-state index contributed by atoms with van der Waals surface area (Å²) in [5, 5.41) is 0. The van der Waals surface area contributed by atoms with Crippen molar-refractivity contribution in [2.45, 2.75) is 44.0 Å².